The first kappa shape index (κ1) is 97.4. The molecule has 698 valence electrons. The number of imidazole rings is 1. The largest absolute Gasteiger partial charge is 0.484 e. The number of aliphatic hydroxyl groups is 1. The van der Waals surface area contributed by atoms with E-state index in [1.807, 2.05) is 48.5 Å². The highest BCUT2D eigenvalue weighted by Crippen LogP contribution is 2.47. The minimum Gasteiger partial charge on any atom is -0.484 e. The Labute approximate surface area is 743 Å². The van der Waals surface area contributed by atoms with E-state index in [-0.39, 0.29) is 142 Å². The van der Waals surface area contributed by atoms with Crippen LogP contribution in [0.2, 0.25) is 0 Å². The molecule has 5 N–H and O–H groups in total. The summed E-state index contributed by atoms with van der Waals surface area (Å²) in [7, 11) is -1.17. The minimum absolute atomic E-state index is 0.00311. The molecule has 2 saturated carbocycles. The summed E-state index contributed by atoms with van der Waals surface area (Å²) in [6.07, 6.45) is -9.65. The molecule has 42 nitrogen and oxygen atoms in total. The number of fused-ring (bicyclic) bond motifs is 7. The number of carbonyl (C=O) groups is 8. The van der Waals surface area contributed by atoms with Gasteiger partial charge in [-0.05, 0) is 58.0 Å². The van der Waals surface area contributed by atoms with Gasteiger partial charge >= 0.3 is 44.3 Å². The predicted octanol–water partition coefficient (Wildman–Crippen LogP) is 6.50. The van der Waals surface area contributed by atoms with Gasteiger partial charge in [0.2, 0.25) is 17.7 Å². The lowest BCUT2D eigenvalue weighted by Gasteiger charge is -2.43. The Hall–Kier alpha value is -10.6. The van der Waals surface area contributed by atoms with Gasteiger partial charge in [0.15, 0.2) is 44.7 Å². The van der Waals surface area contributed by atoms with E-state index in [4.69, 9.17) is 98.6 Å². The first-order valence-corrected chi connectivity index (χ1v) is 43.9. The fraction of sp³-hybridized carbons (Fsp3) is 0.518. The highest BCUT2D eigenvalue weighted by molar-refractivity contribution is 7.33. The number of benzene rings is 4. The summed E-state index contributed by atoms with van der Waals surface area (Å²) in [5.41, 5.74) is 3.36. The van der Waals surface area contributed by atoms with Crippen molar-refractivity contribution in [2.75, 3.05) is 157 Å². The number of methoxy groups -OCH3 is 2. The van der Waals surface area contributed by atoms with Crippen molar-refractivity contribution in [3.05, 3.63) is 154 Å². The average Bonchev–Trinajstić information content (AvgIpc) is 1.65. The van der Waals surface area contributed by atoms with Gasteiger partial charge in [-0.25, -0.2) is 24.5 Å². The number of hydrogen-bond donors (Lipinski definition) is 5. The van der Waals surface area contributed by atoms with Crippen LogP contribution in [0.15, 0.2) is 121 Å². The zero-order valence-electron chi connectivity index (χ0n) is 71.6. The summed E-state index contributed by atoms with van der Waals surface area (Å²) >= 11 is 0. The van der Waals surface area contributed by atoms with E-state index in [1.54, 1.807) is 37.6 Å². The molecule has 2 bridgehead atoms. The number of carbonyl (C=O) groups excluding carboxylic acids is 8. The third-order valence-electron chi connectivity index (χ3n) is 21.1. The highest BCUT2D eigenvalue weighted by atomic mass is 31.1. The molecule has 3 aromatic heterocycles. The lowest BCUT2D eigenvalue weighted by atomic mass is 9.80. The van der Waals surface area contributed by atoms with Crippen LogP contribution in [0.4, 0.5) is 21.2 Å². The highest BCUT2D eigenvalue weighted by Gasteiger charge is 2.55. The lowest BCUT2D eigenvalue weighted by Crippen LogP contribution is -2.61. The number of nitrogens with zero attached hydrogens (tertiary/aromatic N) is 6. The van der Waals surface area contributed by atoms with Crippen molar-refractivity contribution in [2.24, 2.45) is 11.8 Å². The van der Waals surface area contributed by atoms with Crippen LogP contribution in [-0.2, 0) is 131 Å². The monoisotopic (exact) mass is 1840 g/mol. The second-order valence-corrected chi connectivity index (χ2v) is 31.7. The molecule has 44 heteroatoms. The van der Waals surface area contributed by atoms with E-state index in [1.165, 1.54) is 46.4 Å². The van der Waals surface area contributed by atoms with Crippen molar-refractivity contribution >= 4 is 88.0 Å². The Morgan fingerprint density at radius 1 is 0.682 bits per heavy atom. The summed E-state index contributed by atoms with van der Waals surface area (Å²) in [5, 5.41) is 19.8. The first-order valence-electron chi connectivity index (χ1n) is 41.9. The zero-order valence-corrected chi connectivity index (χ0v) is 73.6. The smallest absolute Gasteiger partial charge is 0.410 e. The van der Waals surface area contributed by atoms with Crippen molar-refractivity contribution in [2.45, 2.75) is 127 Å². The number of alkyl carbamates (subject to hydrolysis) is 1. The number of amides is 4. The summed E-state index contributed by atoms with van der Waals surface area (Å²) < 4.78 is 136. The molecule has 4 fully saturated rings. The number of H-pyrrole nitrogens is 1. The van der Waals surface area contributed by atoms with Gasteiger partial charge in [-0.15, -0.1) is 0 Å². The van der Waals surface area contributed by atoms with Crippen molar-refractivity contribution in [1.29, 1.82) is 0 Å². The molecule has 4 amide bonds. The third-order valence-corrected chi connectivity index (χ3v) is 22.7. The molecule has 7 aromatic rings. The number of hydrogen-bond acceptors (Lipinski definition) is 36. The van der Waals surface area contributed by atoms with Gasteiger partial charge in [0, 0.05) is 96.4 Å². The number of aromatic amines is 1. The molecule has 3 aliphatic carbocycles. The molecule has 2 aliphatic heterocycles. The Balaban J connectivity index is 0.730. The predicted molar refractivity (Wildman–Crippen MR) is 453 cm³/mol. The Morgan fingerprint density at radius 3 is 1.97 bits per heavy atom. The fourth-order valence-electron chi connectivity index (χ4n) is 15.2. The van der Waals surface area contributed by atoms with Gasteiger partial charge in [0.05, 0.1) is 138 Å². The number of ether oxygens (including phenoxy) is 17. The van der Waals surface area contributed by atoms with Gasteiger partial charge in [-0.1, -0.05) is 72.8 Å². The molecule has 0 spiro atoms. The molecule has 12 rings (SSSR count). The molecule has 14 atom stereocenters. The van der Waals surface area contributed by atoms with Gasteiger partial charge < -0.3 is 119 Å². The van der Waals surface area contributed by atoms with Crippen LogP contribution < -0.4 is 31.0 Å². The lowest BCUT2D eigenvalue weighted by molar-refractivity contribution is -0.213. The minimum atomic E-state index is -3.20. The molecule has 5 aliphatic rings. The van der Waals surface area contributed by atoms with E-state index in [0.29, 0.717) is 84.8 Å². The molecule has 2 saturated heterocycles. The summed E-state index contributed by atoms with van der Waals surface area (Å²) in [4.78, 5) is 144. The van der Waals surface area contributed by atoms with E-state index in [9.17, 15) is 52.8 Å². The van der Waals surface area contributed by atoms with E-state index < -0.39 is 145 Å². The van der Waals surface area contributed by atoms with Gasteiger partial charge in [0.1, 0.15) is 61.7 Å². The quantitative estimate of drug-likeness (QED) is 0.0118. The topological polar surface area (TPSA) is 496 Å². The molecule has 5 heterocycles. The van der Waals surface area contributed by atoms with Crippen LogP contribution in [0, 0.1) is 11.8 Å². The standard InChI is InChI=1S/C85H106N10O32P2/c1-51(96)120-74-63(82(103)108-5)43-68(75(121-52(2)97)77(74)122-53(3)98)124-66-19-18-54(40-65(66)90-70(99)20-23-87-84(104)116-47-64-61-16-10-8-14-59(61)60-15-9-11-17-62(60)64)45-117-85(105)94(24-25-109-28-29-111-32-33-113-36-37-115-39-38-114-35-34-112-31-30-110-27-26-107-4)44-55-12-6-7-13-58(55)79(101)92-83-91-78-72(80(102)93-83)89-50-95(78)81-76-73(100)69(125-81)48-119-129(106)127-67-42-57(41-56(67)46-118-128-126-76)123-71-21-22-86-49-88-71/h6-19,21-22,40,49-50,56-57,63-64,67-69,73-77,81,100,128-129H,20,23-39,41-48H2,1-5H3,(H,87,104)(H,90,99)(H2,91,92,93,101,102)/t56-,57-,63+,67+,68-,69-,73-,74-,75+,76-,77+,81-/m1/s1. The van der Waals surface area contributed by atoms with Crippen LogP contribution in [0.1, 0.15) is 91.2 Å². The Morgan fingerprint density at radius 2 is 1.32 bits per heavy atom. The van der Waals surface area contributed by atoms with Crippen LogP contribution >= 0.6 is 17.3 Å². The molecule has 2 unspecified atom stereocenters. The second kappa shape index (κ2) is 50.0. The molecular formula is C85H106N10O32P2. The molecule has 4 aromatic carbocycles. The van der Waals surface area contributed by atoms with E-state index >= 15 is 0 Å². The number of anilines is 2. The van der Waals surface area contributed by atoms with Crippen molar-refractivity contribution in [3.8, 4) is 22.8 Å². The maximum Gasteiger partial charge on any atom is 0.410 e. The van der Waals surface area contributed by atoms with Crippen LogP contribution in [-0.4, -0.2) is 289 Å². The van der Waals surface area contributed by atoms with Gasteiger partial charge in [-0.2, -0.15) is 4.98 Å². The summed E-state index contributed by atoms with van der Waals surface area (Å²) in [6, 6.07) is 27.8. The van der Waals surface area contributed by atoms with Crippen LogP contribution in [0.3, 0.4) is 0 Å². The SMILES string of the molecule is COCCOCCOCCOCCOCCOCCOCCOCCN(Cc1ccccc1C(=O)Nc1nc2c(ncn2[C@@H]2O[C@@H]3CO[PH](=O)O[C@H]4C[C@H](Oc5ccncn5)C[C@@H]4COPO[C@@H]2[C@@H]3O)c(=O)[nH]1)C(=O)OCc1ccc(O[C@@H]2C[C@H](C(=O)OC)[C@@H](OC(C)=O)[C@H](OC(C)=O)[C@H]2OC(C)=O)c(NC(=O)CCNC(=O)OCC2c3ccccc3-c3ccccc32)c1. The second-order valence-electron chi connectivity index (χ2n) is 30.0. The first-order chi connectivity index (χ1) is 62.7. The number of nitrogens with one attached hydrogen (secondary N) is 4. The Kier molecular flexibility index (Phi) is 37.7. The van der Waals surface area contributed by atoms with Gasteiger partial charge in [-0.3, -0.25) is 53.0 Å². The molecule has 129 heavy (non-hydrogen) atoms. The Bertz CT molecular complexity index is 4920. The normalized spacial score (nSPS) is 22.0. The molecule has 0 radical (unpaired) electrons. The summed E-state index contributed by atoms with van der Waals surface area (Å²) in [6.45, 7) is 6.36. The van der Waals surface area contributed by atoms with E-state index in [0.717, 1.165) is 50.1 Å². The average molecular weight is 1840 g/mol. The molecular weight excluding hydrogens is 1730 g/mol. The zero-order chi connectivity index (χ0) is 91.0. The van der Waals surface area contributed by atoms with Gasteiger partial charge in [0.25, 0.3) is 11.5 Å². The van der Waals surface area contributed by atoms with Crippen molar-refractivity contribution in [1.82, 2.24) is 39.7 Å². The number of aliphatic hydroxyl groups excluding tert-OH is 1. The number of aromatic nitrogens is 6. The fourth-order valence-corrected chi connectivity index (χ4v) is 16.8. The third kappa shape index (κ3) is 28.2. The van der Waals surface area contributed by atoms with Crippen molar-refractivity contribution < 1.29 is 147 Å². The van der Waals surface area contributed by atoms with Crippen LogP contribution in [0.25, 0.3) is 22.3 Å². The van der Waals surface area contributed by atoms with Crippen LogP contribution in [0.5, 0.6) is 11.6 Å². The summed E-state index contributed by atoms with van der Waals surface area (Å²) in [5.74, 6) is -7.12. The van der Waals surface area contributed by atoms with Crippen molar-refractivity contribution in [3.63, 3.8) is 0 Å². The number of esters is 4. The van der Waals surface area contributed by atoms with E-state index in [2.05, 4.69) is 40.9 Å². The maximum absolute atomic E-state index is 14.8. The number of rotatable bonds is 45. The maximum atomic E-state index is 14.8.